The summed E-state index contributed by atoms with van der Waals surface area (Å²) < 4.78 is 1.31. The lowest BCUT2D eigenvalue weighted by Gasteiger charge is -2.24. The van der Waals surface area contributed by atoms with Gasteiger partial charge < -0.3 is 0 Å². The van der Waals surface area contributed by atoms with Crippen LogP contribution in [0.15, 0.2) is 24.3 Å². The second-order valence-electron chi connectivity index (χ2n) is 4.62. The Balaban J connectivity index is 1.92. The van der Waals surface area contributed by atoms with Gasteiger partial charge in [-0.1, -0.05) is 12.1 Å². The monoisotopic (exact) mass is 315 g/mol. The van der Waals surface area contributed by atoms with Gasteiger partial charge in [-0.2, -0.15) is 0 Å². The Labute approximate surface area is 106 Å². The van der Waals surface area contributed by atoms with E-state index in [4.69, 9.17) is 0 Å². The van der Waals surface area contributed by atoms with Crippen molar-refractivity contribution in [3.8, 4) is 0 Å². The molecule has 1 atom stereocenters. The molecule has 0 aliphatic heterocycles. The molecule has 0 spiro atoms. The molecule has 0 N–H and O–H groups in total. The molecule has 1 aromatic carbocycles. The van der Waals surface area contributed by atoms with Crippen LogP contribution < -0.4 is 0 Å². The fourth-order valence-electron chi connectivity index (χ4n) is 1.96. The van der Waals surface area contributed by atoms with Crippen LogP contribution in [0.1, 0.15) is 25.3 Å². The molecule has 1 nitrogen and oxygen atoms in total. The smallest absolute Gasteiger partial charge is 0.0233 e. The molecule has 1 aliphatic rings. The number of benzene rings is 1. The molecule has 2 heteroatoms. The minimum absolute atomic E-state index is 0.740. The van der Waals surface area contributed by atoms with Crippen molar-refractivity contribution in [2.75, 3.05) is 7.05 Å². The molecule has 1 fully saturated rings. The minimum Gasteiger partial charge on any atom is -0.299 e. The molecule has 0 radical (unpaired) electrons. The van der Waals surface area contributed by atoms with E-state index in [-0.39, 0.29) is 0 Å². The number of hydrogen-bond donors (Lipinski definition) is 0. The third-order valence-corrected chi connectivity index (χ3v) is 4.06. The lowest BCUT2D eigenvalue weighted by Crippen LogP contribution is -2.30. The van der Waals surface area contributed by atoms with E-state index in [0.29, 0.717) is 0 Å². The predicted molar refractivity (Wildman–Crippen MR) is 72.8 cm³/mol. The predicted octanol–water partition coefficient (Wildman–Crippen LogP) is 3.52. The summed E-state index contributed by atoms with van der Waals surface area (Å²) in [5.41, 5.74) is 1.42. The average molecular weight is 315 g/mol. The number of rotatable bonds is 4. The minimum atomic E-state index is 0.740. The van der Waals surface area contributed by atoms with Crippen molar-refractivity contribution in [1.29, 1.82) is 0 Å². The van der Waals surface area contributed by atoms with Crippen LogP contribution in [0, 0.1) is 9.49 Å². The van der Waals surface area contributed by atoms with Gasteiger partial charge in [0.2, 0.25) is 0 Å². The third kappa shape index (κ3) is 3.18. The Morgan fingerprint density at radius 1 is 1.33 bits per heavy atom. The molecule has 1 unspecified atom stereocenters. The highest BCUT2D eigenvalue weighted by Crippen LogP contribution is 2.35. The van der Waals surface area contributed by atoms with Gasteiger partial charge in [-0.05, 0) is 73.0 Å². The molecule has 0 saturated heterocycles. The number of halogens is 1. The zero-order valence-corrected chi connectivity index (χ0v) is 11.6. The van der Waals surface area contributed by atoms with Crippen molar-refractivity contribution in [3.05, 3.63) is 33.4 Å². The van der Waals surface area contributed by atoms with Crippen LogP contribution >= 0.6 is 22.6 Å². The summed E-state index contributed by atoms with van der Waals surface area (Å²) in [6.45, 7) is 3.43. The molecular weight excluding hydrogens is 297 g/mol. The van der Waals surface area contributed by atoms with Gasteiger partial charge in [-0.25, -0.2) is 0 Å². The zero-order chi connectivity index (χ0) is 10.8. The highest BCUT2D eigenvalue weighted by atomic mass is 127. The standard InChI is InChI=1S/C13H18IN/c1-10(12-5-6-12)15(2)9-11-3-7-13(14)8-4-11/h3-4,7-8,10,12H,5-6,9H2,1-2H3. The van der Waals surface area contributed by atoms with Crippen LogP contribution in [0.5, 0.6) is 0 Å². The zero-order valence-electron chi connectivity index (χ0n) is 9.41. The lowest BCUT2D eigenvalue weighted by atomic mass is 10.1. The van der Waals surface area contributed by atoms with Gasteiger partial charge in [0.1, 0.15) is 0 Å². The van der Waals surface area contributed by atoms with Crippen molar-refractivity contribution in [2.24, 2.45) is 5.92 Å². The molecule has 15 heavy (non-hydrogen) atoms. The maximum absolute atomic E-state index is 2.47. The first-order chi connectivity index (χ1) is 7.16. The van der Waals surface area contributed by atoms with Crippen LogP contribution in [-0.4, -0.2) is 18.0 Å². The summed E-state index contributed by atoms with van der Waals surface area (Å²) in [6.07, 6.45) is 2.86. The highest BCUT2D eigenvalue weighted by molar-refractivity contribution is 14.1. The summed E-state index contributed by atoms with van der Waals surface area (Å²) in [7, 11) is 2.24. The van der Waals surface area contributed by atoms with Gasteiger partial charge in [0.05, 0.1) is 0 Å². The van der Waals surface area contributed by atoms with Crippen LogP contribution in [-0.2, 0) is 6.54 Å². The van der Waals surface area contributed by atoms with Gasteiger partial charge in [0, 0.05) is 16.2 Å². The van der Waals surface area contributed by atoms with Gasteiger partial charge >= 0.3 is 0 Å². The summed E-state index contributed by atoms with van der Waals surface area (Å²) in [4.78, 5) is 2.47. The molecule has 82 valence electrons. The van der Waals surface area contributed by atoms with E-state index in [9.17, 15) is 0 Å². The summed E-state index contributed by atoms with van der Waals surface area (Å²) >= 11 is 2.35. The normalized spacial score (nSPS) is 18.1. The summed E-state index contributed by atoms with van der Waals surface area (Å²) in [6, 6.07) is 9.58. The van der Waals surface area contributed by atoms with Crippen LogP contribution in [0.2, 0.25) is 0 Å². The van der Waals surface area contributed by atoms with E-state index < -0.39 is 0 Å². The third-order valence-electron chi connectivity index (χ3n) is 3.34. The Bertz CT molecular complexity index is 316. The van der Waals surface area contributed by atoms with Crippen LogP contribution in [0.25, 0.3) is 0 Å². The van der Waals surface area contributed by atoms with E-state index in [1.165, 1.54) is 22.0 Å². The van der Waals surface area contributed by atoms with Crippen LogP contribution in [0.3, 0.4) is 0 Å². The van der Waals surface area contributed by atoms with Gasteiger partial charge in [-0.3, -0.25) is 4.90 Å². The molecule has 0 bridgehead atoms. The molecule has 0 heterocycles. The van der Waals surface area contributed by atoms with Crippen molar-refractivity contribution >= 4 is 22.6 Å². The quantitative estimate of drug-likeness (QED) is 0.769. The maximum atomic E-state index is 2.47. The Morgan fingerprint density at radius 2 is 1.93 bits per heavy atom. The van der Waals surface area contributed by atoms with E-state index in [0.717, 1.165) is 18.5 Å². The van der Waals surface area contributed by atoms with E-state index in [1.54, 1.807) is 0 Å². The molecular formula is C13H18IN. The molecule has 1 saturated carbocycles. The number of hydrogen-bond acceptors (Lipinski definition) is 1. The molecule has 1 aliphatic carbocycles. The number of nitrogens with zero attached hydrogens (tertiary/aromatic N) is 1. The van der Waals surface area contributed by atoms with Gasteiger partial charge in [0.25, 0.3) is 0 Å². The van der Waals surface area contributed by atoms with Crippen molar-refractivity contribution in [1.82, 2.24) is 4.90 Å². The van der Waals surface area contributed by atoms with Crippen molar-refractivity contribution < 1.29 is 0 Å². The first kappa shape index (κ1) is 11.4. The first-order valence-electron chi connectivity index (χ1n) is 5.61. The maximum Gasteiger partial charge on any atom is 0.0233 e. The average Bonchev–Trinajstić information content (AvgIpc) is 3.04. The van der Waals surface area contributed by atoms with Crippen molar-refractivity contribution in [2.45, 2.75) is 32.4 Å². The Kier molecular flexibility index (Phi) is 3.67. The fraction of sp³-hybridized carbons (Fsp3) is 0.538. The summed E-state index contributed by atoms with van der Waals surface area (Å²) in [5.74, 6) is 0.957. The molecule has 2 rings (SSSR count). The Hall–Kier alpha value is -0.0900. The topological polar surface area (TPSA) is 3.24 Å². The van der Waals surface area contributed by atoms with Gasteiger partial charge in [0.15, 0.2) is 0 Å². The molecule has 1 aromatic rings. The molecule has 0 amide bonds. The largest absolute Gasteiger partial charge is 0.299 e. The van der Waals surface area contributed by atoms with Gasteiger partial charge in [-0.15, -0.1) is 0 Å². The fourth-order valence-corrected chi connectivity index (χ4v) is 2.32. The first-order valence-corrected chi connectivity index (χ1v) is 6.69. The second kappa shape index (κ2) is 4.83. The van der Waals surface area contributed by atoms with Crippen molar-refractivity contribution in [3.63, 3.8) is 0 Å². The second-order valence-corrected chi connectivity index (χ2v) is 5.87. The highest BCUT2D eigenvalue weighted by Gasteiger charge is 2.30. The van der Waals surface area contributed by atoms with Crippen LogP contribution in [0.4, 0.5) is 0 Å². The Morgan fingerprint density at radius 3 is 2.47 bits per heavy atom. The molecule has 0 aromatic heterocycles. The summed E-state index contributed by atoms with van der Waals surface area (Å²) in [5, 5.41) is 0. The SMILES string of the molecule is CC(C1CC1)N(C)Cc1ccc(I)cc1. The lowest BCUT2D eigenvalue weighted by molar-refractivity contribution is 0.226. The van der Waals surface area contributed by atoms with E-state index >= 15 is 0 Å². The van der Waals surface area contributed by atoms with E-state index in [1.807, 2.05) is 0 Å². The van der Waals surface area contributed by atoms with E-state index in [2.05, 4.69) is 65.7 Å².